The van der Waals surface area contributed by atoms with Crippen LogP contribution in [0.2, 0.25) is 0 Å². The highest BCUT2D eigenvalue weighted by Crippen LogP contribution is 2.29. The second kappa shape index (κ2) is 3.56. The zero-order valence-corrected chi connectivity index (χ0v) is 6.84. The Kier molecular flexibility index (Phi) is 2.69. The molecule has 0 aromatic heterocycles. The van der Waals surface area contributed by atoms with Gasteiger partial charge in [0.2, 0.25) is 0 Å². The van der Waals surface area contributed by atoms with Crippen LogP contribution in [0.15, 0.2) is 11.8 Å². The summed E-state index contributed by atoms with van der Waals surface area (Å²) in [7, 11) is 0. The van der Waals surface area contributed by atoms with Crippen LogP contribution in [0.5, 0.6) is 0 Å². The normalized spacial score (nSPS) is 20.6. The number of hydrogen-bond acceptors (Lipinski definition) is 2. The molecule has 0 heterocycles. The average molecular weight is 154 g/mol. The van der Waals surface area contributed by atoms with Gasteiger partial charge in [0.15, 0.2) is 5.78 Å². The Morgan fingerprint density at radius 1 is 1.45 bits per heavy atom. The zero-order valence-electron chi connectivity index (χ0n) is 6.84. The SMILES string of the molecule is CC(=O)C=C(O)C1CCCC1. The Hall–Kier alpha value is -0.790. The standard InChI is InChI=1S/C9H14O2/c1-7(10)6-9(11)8-4-2-3-5-8/h6,8,11H,2-5H2,1H3. The summed E-state index contributed by atoms with van der Waals surface area (Å²) in [6.45, 7) is 1.46. The van der Waals surface area contributed by atoms with Crippen LogP contribution in [0.25, 0.3) is 0 Å². The van der Waals surface area contributed by atoms with Crippen LogP contribution in [0, 0.1) is 5.92 Å². The first-order valence-corrected chi connectivity index (χ1v) is 4.11. The van der Waals surface area contributed by atoms with E-state index in [9.17, 15) is 9.90 Å². The third kappa shape index (κ3) is 2.37. The van der Waals surface area contributed by atoms with Gasteiger partial charge in [0.1, 0.15) is 0 Å². The van der Waals surface area contributed by atoms with Crippen LogP contribution in [-0.4, -0.2) is 10.9 Å². The predicted octanol–water partition coefficient (Wildman–Crippen LogP) is 2.21. The molecular formula is C9H14O2. The summed E-state index contributed by atoms with van der Waals surface area (Å²) >= 11 is 0. The molecule has 0 unspecified atom stereocenters. The van der Waals surface area contributed by atoms with E-state index in [1.54, 1.807) is 0 Å². The van der Waals surface area contributed by atoms with Crippen LogP contribution in [0.1, 0.15) is 32.6 Å². The third-order valence-corrected chi connectivity index (χ3v) is 2.12. The lowest BCUT2D eigenvalue weighted by molar-refractivity contribution is -0.112. The minimum atomic E-state index is -0.0607. The highest BCUT2D eigenvalue weighted by Gasteiger charge is 2.18. The topological polar surface area (TPSA) is 37.3 Å². The largest absolute Gasteiger partial charge is 0.512 e. The van der Waals surface area contributed by atoms with E-state index in [-0.39, 0.29) is 17.5 Å². The number of allylic oxidation sites excluding steroid dienone is 2. The smallest absolute Gasteiger partial charge is 0.155 e. The maximum atomic E-state index is 10.6. The van der Waals surface area contributed by atoms with Gasteiger partial charge in [-0.3, -0.25) is 4.79 Å². The fraction of sp³-hybridized carbons (Fsp3) is 0.667. The maximum Gasteiger partial charge on any atom is 0.155 e. The quantitative estimate of drug-likeness (QED) is 0.489. The van der Waals surface area contributed by atoms with E-state index in [4.69, 9.17) is 0 Å². The summed E-state index contributed by atoms with van der Waals surface area (Å²) in [6, 6.07) is 0. The van der Waals surface area contributed by atoms with Gasteiger partial charge < -0.3 is 5.11 Å². The Bertz CT molecular complexity index is 176. The minimum absolute atomic E-state index is 0.0607. The van der Waals surface area contributed by atoms with Gasteiger partial charge in [0.05, 0.1) is 5.76 Å². The van der Waals surface area contributed by atoms with E-state index in [1.807, 2.05) is 0 Å². The fourth-order valence-corrected chi connectivity index (χ4v) is 1.55. The Morgan fingerprint density at radius 3 is 2.45 bits per heavy atom. The Balaban J connectivity index is 2.51. The van der Waals surface area contributed by atoms with Crippen LogP contribution < -0.4 is 0 Å². The lowest BCUT2D eigenvalue weighted by atomic mass is 10.1. The maximum absolute atomic E-state index is 10.6. The molecule has 2 nitrogen and oxygen atoms in total. The van der Waals surface area contributed by atoms with Crippen molar-refractivity contribution in [2.45, 2.75) is 32.6 Å². The van der Waals surface area contributed by atoms with Crippen molar-refractivity contribution in [2.75, 3.05) is 0 Å². The molecule has 0 spiro atoms. The molecule has 2 heteroatoms. The van der Waals surface area contributed by atoms with Gasteiger partial charge in [-0.1, -0.05) is 12.8 Å². The van der Waals surface area contributed by atoms with E-state index < -0.39 is 0 Å². The van der Waals surface area contributed by atoms with Crippen molar-refractivity contribution >= 4 is 5.78 Å². The van der Waals surface area contributed by atoms with Gasteiger partial charge in [0.25, 0.3) is 0 Å². The molecule has 0 aromatic carbocycles. The minimum Gasteiger partial charge on any atom is -0.512 e. The molecule has 1 aliphatic carbocycles. The van der Waals surface area contributed by atoms with Crippen molar-refractivity contribution in [1.82, 2.24) is 0 Å². The first-order chi connectivity index (χ1) is 5.20. The van der Waals surface area contributed by atoms with E-state index in [0.717, 1.165) is 12.8 Å². The number of carbonyl (C=O) groups excluding carboxylic acids is 1. The van der Waals surface area contributed by atoms with E-state index in [1.165, 1.54) is 25.8 Å². The number of ketones is 1. The van der Waals surface area contributed by atoms with Crippen LogP contribution in [0.3, 0.4) is 0 Å². The number of carbonyl (C=O) groups is 1. The van der Waals surface area contributed by atoms with Crippen molar-refractivity contribution in [3.8, 4) is 0 Å². The van der Waals surface area contributed by atoms with Crippen LogP contribution >= 0.6 is 0 Å². The first kappa shape index (κ1) is 8.31. The third-order valence-electron chi connectivity index (χ3n) is 2.12. The molecule has 1 aliphatic rings. The van der Waals surface area contributed by atoms with Crippen molar-refractivity contribution < 1.29 is 9.90 Å². The van der Waals surface area contributed by atoms with Crippen molar-refractivity contribution in [3.63, 3.8) is 0 Å². The van der Waals surface area contributed by atoms with Gasteiger partial charge in [-0.15, -0.1) is 0 Å². The van der Waals surface area contributed by atoms with Gasteiger partial charge in [-0.2, -0.15) is 0 Å². The summed E-state index contributed by atoms with van der Waals surface area (Å²) in [5.74, 6) is 0.489. The molecule has 62 valence electrons. The van der Waals surface area contributed by atoms with Crippen molar-refractivity contribution in [1.29, 1.82) is 0 Å². The van der Waals surface area contributed by atoms with Gasteiger partial charge >= 0.3 is 0 Å². The Labute approximate surface area is 66.9 Å². The molecule has 0 aliphatic heterocycles. The fourth-order valence-electron chi connectivity index (χ4n) is 1.55. The molecule has 0 saturated heterocycles. The van der Waals surface area contributed by atoms with Crippen molar-refractivity contribution in [3.05, 3.63) is 11.8 Å². The second-order valence-corrected chi connectivity index (χ2v) is 3.16. The number of aliphatic hydroxyl groups is 1. The summed E-state index contributed by atoms with van der Waals surface area (Å²) in [5.41, 5.74) is 0. The molecule has 1 N–H and O–H groups in total. The summed E-state index contributed by atoms with van der Waals surface area (Å²) in [5, 5.41) is 9.36. The van der Waals surface area contributed by atoms with Gasteiger partial charge in [-0.25, -0.2) is 0 Å². The highest BCUT2D eigenvalue weighted by molar-refractivity contribution is 5.87. The first-order valence-electron chi connectivity index (χ1n) is 4.11. The number of aliphatic hydroxyl groups excluding tert-OH is 1. The predicted molar refractivity (Wildman–Crippen MR) is 43.4 cm³/mol. The van der Waals surface area contributed by atoms with Crippen LogP contribution in [-0.2, 0) is 4.79 Å². The van der Waals surface area contributed by atoms with Gasteiger partial charge in [0, 0.05) is 12.0 Å². The summed E-state index contributed by atoms with van der Waals surface area (Å²) in [4.78, 5) is 10.6. The van der Waals surface area contributed by atoms with Crippen molar-refractivity contribution in [2.24, 2.45) is 5.92 Å². The monoisotopic (exact) mass is 154 g/mol. The summed E-state index contributed by atoms with van der Waals surface area (Å²) < 4.78 is 0. The zero-order chi connectivity index (χ0) is 8.27. The molecule has 1 saturated carbocycles. The van der Waals surface area contributed by atoms with E-state index in [2.05, 4.69) is 0 Å². The molecule has 1 rings (SSSR count). The molecule has 0 bridgehead atoms. The summed E-state index contributed by atoms with van der Waals surface area (Å²) in [6.07, 6.45) is 5.78. The second-order valence-electron chi connectivity index (χ2n) is 3.16. The molecule has 0 radical (unpaired) electrons. The molecular weight excluding hydrogens is 140 g/mol. The molecule has 0 atom stereocenters. The van der Waals surface area contributed by atoms with E-state index >= 15 is 0 Å². The molecule has 0 amide bonds. The van der Waals surface area contributed by atoms with Gasteiger partial charge in [-0.05, 0) is 19.8 Å². The molecule has 0 aromatic rings. The molecule has 1 fully saturated rings. The number of hydrogen-bond donors (Lipinski definition) is 1. The lowest BCUT2D eigenvalue weighted by Crippen LogP contribution is -1.99. The van der Waals surface area contributed by atoms with E-state index in [0.29, 0.717) is 0 Å². The average Bonchev–Trinajstić information content (AvgIpc) is 2.35. The number of rotatable bonds is 2. The Morgan fingerprint density at radius 2 is 2.00 bits per heavy atom. The van der Waals surface area contributed by atoms with Crippen LogP contribution in [0.4, 0.5) is 0 Å². The highest BCUT2D eigenvalue weighted by atomic mass is 16.3. The molecule has 11 heavy (non-hydrogen) atoms. The lowest BCUT2D eigenvalue weighted by Gasteiger charge is -2.05.